The van der Waals surface area contributed by atoms with Gasteiger partial charge in [-0.15, -0.1) is 0 Å². The Morgan fingerprint density at radius 3 is 2.24 bits per heavy atom. The zero-order valence-corrected chi connectivity index (χ0v) is 13.7. The molecule has 0 saturated carbocycles. The van der Waals surface area contributed by atoms with Gasteiger partial charge in [-0.1, -0.05) is 31.5 Å². The molecule has 0 aliphatic heterocycles. The summed E-state index contributed by atoms with van der Waals surface area (Å²) in [5, 5.41) is 2.88. The maximum absolute atomic E-state index is 12.0. The highest BCUT2D eigenvalue weighted by Crippen LogP contribution is 2.09. The highest BCUT2D eigenvalue weighted by atomic mass is 32.2. The summed E-state index contributed by atoms with van der Waals surface area (Å²) in [7, 11) is -3.54. The second kappa shape index (κ2) is 8.14. The van der Waals surface area contributed by atoms with Crippen molar-refractivity contribution in [3.8, 4) is 0 Å². The number of aryl methyl sites for hydroxylation is 1. The fraction of sp³-hybridized carbons (Fsp3) is 0.533. The van der Waals surface area contributed by atoms with Crippen LogP contribution in [0.1, 0.15) is 38.7 Å². The largest absolute Gasteiger partial charge is 0.353 e. The van der Waals surface area contributed by atoms with Crippen molar-refractivity contribution < 1.29 is 13.2 Å². The standard InChI is InChI=1S/C15H24N2O3S/c1-4-13(5-2)17-15(18)10-11-16-21(19,20)14-8-6-12(3)7-9-14/h6-9,13,16H,4-5,10-11H2,1-3H3,(H,17,18). The number of hydrogen-bond acceptors (Lipinski definition) is 3. The lowest BCUT2D eigenvalue weighted by Crippen LogP contribution is -2.36. The molecular formula is C15H24N2O3S. The molecule has 1 aromatic rings. The van der Waals surface area contributed by atoms with Crippen molar-refractivity contribution >= 4 is 15.9 Å². The van der Waals surface area contributed by atoms with E-state index in [4.69, 9.17) is 0 Å². The van der Waals surface area contributed by atoms with Crippen molar-refractivity contribution in [3.05, 3.63) is 29.8 Å². The van der Waals surface area contributed by atoms with Crippen LogP contribution in [0.3, 0.4) is 0 Å². The molecule has 1 aromatic carbocycles. The number of amides is 1. The molecule has 0 atom stereocenters. The van der Waals surface area contributed by atoms with Gasteiger partial charge < -0.3 is 5.32 Å². The highest BCUT2D eigenvalue weighted by Gasteiger charge is 2.14. The molecule has 0 saturated heterocycles. The van der Waals surface area contributed by atoms with Gasteiger partial charge in [0.2, 0.25) is 15.9 Å². The third-order valence-electron chi connectivity index (χ3n) is 3.33. The summed E-state index contributed by atoms with van der Waals surface area (Å²) >= 11 is 0. The van der Waals surface area contributed by atoms with E-state index in [1.165, 1.54) is 0 Å². The van der Waals surface area contributed by atoms with Gasteiger partial charge in [-0.25, -0.2) is 13.1 Å². The number of rotatable bonds is 8. The summed E-state index contributed by atoms with van der Waals surface area (Å²) < 4.78 is 26.5. The molecule has 118 valence electrons. The van der Waals surface area contributed by atoms with Crippen molar-refractivity contribution in [2.75, 3.05) is 6.54 Å². The average molecular weight is 312 g/mol. The van der Waals surface area contributed by atoms with Crippen LogP contribution in [0.4, 0.5) is 0 Å². The van der Waals surface area contributed by atoms with Crippen LogP contribution >= 0.6 is 0 Å². The van der Waals surface area contributed by atoms with E-state index >= 15 is 0 Å². The van der Waals surface area contributed by atoms with E-state index in [0.29, 0.717) is 0 Å². The van der Waals surface area contributed by atoms with E-state index in [1.807, 2.05) is 20.8 Å². The molecule has 1 amide bonds. The molecule has 6 heteroatoms. The Balaban J connectivity index is 2.47. The fourth-order valence-corrected chi connectivity index (χ4v) is 2.92. The van der Waals surface area contributed by atoms with Crippen molar-refractivity contribution in [3.63, 3.8) is 0 Å². The van der Waals surface area contributed by atoms with Crippen LogP contribution in [0.25, 0.3) is 0 Å². The first-order valence-electron chi connectivity index (χ1n) is 7.24. The number of nitrogens with one attached hydrogen (secondary N) is 2. The topological polar surface area (TPSA) is 75.3 Å². The van der Waals surface area contributed by atoms with Crippen LogP contribution in [0.2, 0.25) is 0 Å². The molecule has 0 aromatic heterocycles. The summed E-state index contributed by atoms with van der Waals surface area (Å²) in [5.74, 6) is -0.129. The third kappa shape index (κ3) is 5.85. The van der Waals surface area contributed by atoms with Crippen LogP contribution < -0.4 is 10.0 Å². The predicted molar refractivity (Wildman–Crippen MR) is 83.5 cm³/mol. The predicted octanol–water partition coefficient (Wildman–Crippen LogP) is 1.97. The highest BCUT2D eigenvalue weighted by molar-refractivity contribution is 7.89. The minimum absolute atomic E-state index is 0.0994. The lowest BCUT2D eigenvalue weighted by Gasteiger charge is -2.14. The molecule has 1 rings (SSSR count). The van der Waals surface area contributed by atoms with Crippen LogP contribution in [0, 0.1) is 6.92 Å². The fourth-order valence-electron chi connectivity index (χ4n) is 1.89. The minimum atomic E-state index is -3.54. The molecule has 0 unspecified atom stereocenters. The van der Waals surface area contributed by atoms with Gasteiger partial charge in [0.25, 0.3) is 0 Å². The van der Waals surface area contributed by atoms with Gasteiger partial charge in [0, 0.05) is 19.0 Å². The number of hydrogen-bond donors (Lipinski definition) is 2. The third-order valence-corrected chi connectivity index (χ3v) is 4.80. The first kappa shape index (κ1) is 17.7. The minimum Gasteiger partial charge on any atom is -0.353 e. The van der Waals surface area contributed by atoms with Crippen molar-refractivity contribution in [1.82, 2.24) is 10.0 Å². The number of carbonyl (C=O) groups excluding carboxylic acids is 1. The molecule has 0 heterocycles. The Morgan fingerprint density at radius 1 is 1.14 bits per heavy atom. The molecule has 21 heavy (non-hydrogen) atoms. The Labute approximate surface area is 127 Å². The normalized spacial score (nSPS) is 11.6. The number of sulfonamides is 1. The Hall–Kier alpha value is -1.40. The van der Waals surface area contributed by atoms with E-state index < -0.39 is 10.0 Å². The summed E-state index contributed by atoms with van der Waals surface area (Å²) in [5.41, 5.74) is 0.999. The molecule has 5 nitrogen and oxygen atoms in total. The lowest BCUT2D eigenvalue weighted by molar-refractivity contribution is -0.121. The first-order chi connectivity index (χ1) is 9.89. The molecule has 0 aliphatic carbocycles. The summed E-state index contributed by atoms with van der Waals surface area (Å²) in [4.78, 5) is 11.9. The van der Waals surface area contributed by atoms with Crippen LogP contribution in [0.5, 0.6) is 0 Å². The Bertz CT molecular complexity index is 549. The molecule has 0 bridgehead atoms. The summed E-state index contributed by atoms with van der Waals surface area (Å²) in [6, 6.07) is 6.76. The second-order valence-electron chi connectivity index (χ2n) is 5.04. The van der Waals surface area contributed by atoms with Crippen molar-refractivity contribution in [2.45, 2.75) is 51.0 Å². The Morgan fingerprint density at radius 2 is 1.71 bits per heavy atom. The monoisotopic (exact) mass is 312 g/mol. The summed E-state index contributed by atoms with van der Waals surface area (Å²) in [6.45, 7) is 6.01. The van der Waals surface area contributed by atoms with E-state index in [2.05, 4.69) is 10.0 Å². The van der Waals surface area contributed by atoms with Crippen molar-refractivity contribution in [1.29, 1.82) is 0 Å². The van der Waals surface area contributed by atoms with Gasteiger partial charge in [0.05, 0.1) is 4.90 Å². The average Bonchev–Trinajstić information content (AvgIpc) is 2.45. The molecule has 0 fully saturated rings. The van der Waals surface area contributed by atoms with E-state index in [0.717, 1.165) is 18.4 Å². The van der Waals surface area contributed by atoms with Gasteiger partial charge in [-0.05, 0) is 31.9 Å². The smallest absolute Gasteiger partial charge is 0.240 e. The van der Waals surface area contributed by atoms with E-state index in [1.54, 1.807) is 24.3 Å². The molecule has 2 N–H and O–H groups in total. The Kier molecular flexibility index (Phi) is 6.84. The second-order valence-corrected chi connectivity index (χ2v) is 6.81. The van der Waals surface area contributed by atoms with Gasteiger partial charge in [0.15, 0.2) is 0 Å². The SMILES string of the molecule is CCC(CC)NC(=O)CCNS(=O)(=O)c1ccc(C)cc1. The van der Waals surface area contributed by atoms with Crippen LogP contribution in [-0.4, -0.2) is 26.9 Å². The number of benzene rings is 1. The molecular weight excluding hydrogens is 288 g/mol. The van der Waals surface area contributed by atoms with Crippen LogP contribution in [0.15, 0.2) is 29.2 Å². The molecule has 0 spiro atoms. The molecule has 0 aliphatic rings. The zero-order chi connectivity index (χ0) is 15.9. The van der Waals surface area contributed by atoms with Gasteiger partial charge in [-0.3, -0.25) is 4.79 Å². The summed E-state index contributed by atoms with van der Waals surface area (Å²) in [6.07, 6.45) is 1.89. The van der Waals surface area contributed by atoms with E-state index in [-0.39, 0.29) is 29.8 Å². The maximum Gasteiger partial charge on any atom is 0.240 e. The van der Waals surface area contributed by atoms with Gasteiger partial charge in [-0.2, -0.15) is 0 Å². The quantitative estimate of drug-likeness (QED) is 0.770. The lowest BCUT2D eigenvalue weighted by atomic mass is 10.1. The van der Waals surface area contributed by atoms with Crippen molar-refractivity contribution in [2.24, 2.45) is 0 Å². The zero-order valence-electron chi connectivity index (χ0n) is 12.8. The number of carbonyl (C=O) groups is 1. The van der Waals surface area contributed by atoms with E-state index in [9.17, 15) is 13.2 Å². The molecule has 0 radical (unpaired) electrons. The first-order valence-corrected chi connectivity index (χ1v) is 8.73. The van der Waals surface area contributed by atoms with Crippen LogP contribution in [-0.2, 0) is 14.8 Å². The van der Waals surface area contributed by atoms with Gasteiger partial charge >= 0.3 is 0 Å². The van der Waals surface area contributed by atoms with Gasteiger partial charge in [0.1, 0.15) is 0 Å². The maximum atomic E-state index is 12.0.